The Balaban J connectivity index is 1.29. The molecule has 0 bridgehead atoms. The van der Waals surface area contributed by atoms with Crippen LogP contribution in [0, 0.1) is 5.82 Å². The lowest BCUT2D eigenvalue weighted by Crippen LogP contribution is -2.35. The Morgan fingerprint density at radius 1 is 1.11 bits per heavy atom. The van der Waals surface area contributed by atoms with E-state index in [0.29, 0.717) is 17.9 Å². The Morgan fingerprint density at radius 3 is 2.74 bits per heavy atom. The second-order valence-corrected chi connectivity index (χ2v) is 8.54. The molecule has 5 rings (SSSR count). The van der Waals surface area contributed by atoms with Gasteiger partial charge < -0.3 is 10.1 Å². The number of nitrogens with one attached hydrogen (secondary N) is 1. The number of nitrogens with zero attached hydrogens (tertiary/aromatic N) is 2. The molecular formula is C21H22FN3OS. The first-order valence-corrected chi connectivity index (χ1v) is 10.4. The van der Waals surface area contributed by atoms with Crippen LogP contribution in [-0.2, 0) is 4.74 Å². The second-order valence-electron chi connectivity index (χ2n) is 7.51. The van der Waals surface area contributed by atoms with Gasteiger partial charge in [0.25, 0.3) is 0 Å². The molecule has 2 aromatic heterocycles. The number of para-hydroxylation sites is 1. The molecule has 0 spiro atoms. The highest BCUT2D eigenvalue weighted by Crippen LogP contribution is 2.42. The van der Waals surface area contributed by atoms with E-state index in [1.807, 2.05) is 18.2 Å². The lowest BCUT2D eigenvalue weighted by atomic mass is 9.74. The zero-order chi connectivity index (χ0) is 18.2. The number of halogens is 1. The van der Waals surface area contributed by atoms with Gasteiger partial charge in [-0.2, -0.15) is 0 Å². The largest absolute Gasteiger partial charge is 0.381 e. The number of pyridine rings is 1. The van der Waals surface area contributed by atoms with Crippen molar-refractivity contribution in [3.8, 4) is 0 Å². The number of fused-ring (bicyclic) bond motifs is 1. The molecule has 1 aromatic carbocycles. The van der Waals surface area contributed by atoms with Crippen LogP contribution in [0.25, 0.3) is 10.2 Å². The van der Waals surface area contributed by atoms with Crippen LogP contribution < -0.4 is 5.32 Å². The minimum atomic E-state index is -0.233. The maximum atomic E-state index is 13.8. The molecule has 0 radical (unpaired) electrons. The van der Waals surface area contributed by atoms with Gasteiger partial charge in [0.1, 0.15) is 5.82 Å². The van der Waals surface area contributed by atoms with E-state index in [1.54, 1.807) is 17.4 Å². The van der Waals surface area contributed by atoms with Crippen molar-refractivity contribution in [3.63, 3.8) is 0 Å². The highest BCUT2D eigenvalue weighted by molar-refractivity contribution is 7.22. The van der Waals surface area contributed by atoms with E-state index in [1.165, 1.54) is 10.9 Å². The molecule has 3 heterocycles. The third-order valence-electron chi connectivity index (χ3n) is 5.72. The van der Waals surface area contributed by atoms with Crippen molar-refractivity contribution in [1.82, 2.24) is 9.97 Å². The molecule has 4 nitrogen and oxygen atoms in total. The normalized spacial score (nSPS) is 23.3. The number of anilines is 1. The fraction of sp³-hybridized carbons (Fsp3) is 0.429. The maximum absolute atomic E-state index is 13.8. The van der Waals surface area contributed by atoms with Crippen molar-refractivity contribution in [2.45, 2.75) is 43.6 Å². The number of hydrogen-bond donors (Lipinski definition) is 1. The highest BCUT2D eigenvalue weighted by Gasteiger charge is 2.35. The zero-order valence-corrected chi connectivity index (χ0v) is 15.8. The lowest BCUT2D eigenvalue weighted by molar-refractivity contribution is 0.0847. The van der Waals surface area contributed by atoms with Gasteiger partial charge in [-0.05, 0) is 55.4 Å². The molecule has 140 valence electrons. The van der Waals surface area contributed by atoms with Gasteiger partial charge in [-0.25, -0.2) is 9.37 Å². The Bertz CT molecular complexity index is 915. The summed E-state index contributed by atoms with van der Waals surface area (Å²) in [6.45, 7) is 1.51. The van der Waals surface area contributed by atoms with Crippen molar-refractivity contribution in [2.75, 3.05) is 18.5 Å². The van der Waals surface area contributed by atoms with E-state index in [9.17, 15) is 4.39 Å². The molecule has 3 aromatic rings. The van der Waals surface area contributed by atoms with Gasteiger partial charge in [0, 0.05) is 30.9 Å². The third kappa shape index (κ3) is 3.44. The van der Waals surface area contributed by atoms with E-state index in [2.05, 4.69) is 21.4 Å². The standard InChI is InChI=1S/C21H22FN3OS/c22-15-11-17(13-5-7-26-8-6-13)20(23-12-15)14-9-16(10-14)24-21-25-18-3-1-2-4-19(18)27-21/h1-4,11-14,16H,5-10H2,(H,24,25). The number of aromatic nitrogens is 2. The topological polar surface area (TPSA) is 47.0 Å². The van der Waals surface area contributed by atoms with E-state index in [4.69, 9.17) is 4.74 Å². The first-order valence-electron chi connectivity index (χ1n) is 9.61. The number of rotatable bonds is 4. The number of ether oxygens (including phenoxy) is 1. The Labute approximate surface area is 161 Å². The van der Waals surface area contributed by atoms with Crippen LogP contribution in [0.3, 0.4) is 0 Å². The van der Waals surface area contributed by atoms with Crippen LogP contribution in [0.1, 0.15) is 48.8 Å². The minimum absolute atomic E-state index is 0.233. The highest BCUT2D eigenvalue weighted by atomic mass is 32.1. The molecule has 0 atom stereocenters. The van der Waals surface area contributed by atoms with Crippen LogP contribution >= 0.6 is 11.3 Å². The smallest absolute Gasteiger partial charge is 0.184 e. The van der Waals surface area contributed by atoms with E-state index < -0.39 is 0 Å². The van der Waals surface area contributed by atoms with Crippen molar-refractivity contribution >= 4 is 26.7 Å². The first-order chi connectivity index (χ1) is 13.3. The summed E-state index contributed by atoms with van der Waals surface area (Å²) < 4.78 is 20.5. The van der Waals surface area contributed by atoms with Gasteiger partial charge in [0.2, 0.25) is 0 Å². The van der Waals surface area contributed by atoms with Crippen LogP contribution in [0.15, 0.2) is 36.5 Å². The summed E-state index contributed by atoms with van der Waals surface area (Å²) in [5.41, 5.74) is 3.23. The molecule has 2 aliphatic rings. The van der Waals surface area contributed by atoms with E-state index >= 15 is 0 Å². The summed E-state index contributed by atoms with van der Waals surface area (Å²) in [6.07, 6.45) is 5.32. The molecule has 27 heavy (non-hydrogen) atoms. The van der Waals surface area contributed by atoms with Crippen LogP contribution in [0.2, 0.25) is 0 Å². The summed E-state index contributed by atoms with van der Waals surface area (Å²) in [4.78, 5) is 9.16. The van der Waals surface area contributed by atoms with Crippen molar-refractivity contribution in [1.29, 1.82) is 0 Å². The average Bonchev–Trinajstić information content (AvgIpc) is 3.08. The van der Waals surface area contributed by atoms with Gasteiger partial charge in [0.05, 0.1) is 16.4 Å². The average molecular weight is 383 g/mol. The number of benzene rings is 1. The second kappa shape index (κ2) is 7.17. The quantitative estimate of drug-likeness (QED) is 0.682. The fourth-order valence-electron chi connectivity index (χ4n) is 4.21. The Kier molecular flexibility index (Phi) is 4.53. The van der Waals surface area contributed by atoms with E-state index in [-0.39, 0.29) is 5.82 Å². The van der Waals surface area contributed by atoms with Crippen molar-refractivity contribution < 1.29 is 9.13 Å². The first kappa shape index (κ1) is 17.1. The summed E-state index contributed by atoms with van der Waals surface area (Å²) >= 11 is 1.70. The van der Waals surface area contributed by atoms with Crippen molar-refractivity contribution in [3.05, 3.63) is 53.6 Å². The molecular weight excluding hydrogens is 361 g/mol. The number of thiazole rings is 1. The van der Waals surface area contributed by atoms with Gasteiger partial charge in [-0.15, -0.1) is 0 Å². The van der Waals surface area contributed by atoms with Crippen LogP contribution in [-0.4, -0.2) is 29.2 Å². The molecule has 1 N–H and O–H groups in total. The predicted molar refractivity (Wildman–Crippen MR) is 106 cm³/mol. The predicted octanol–water partition coefficient (Wildman–Crippen LogP) is 5.08. The SMILES string of the molecule is Fc1cnc(C2CC(Nc3nc4ccccc4s3)C2)c(C2CCOCC2)c1. The summed E-state index contributed by atoms with van der Waals surface area (Å²) in [6, 6.07) is 10.3. The Hall–Kier alpha value is -2.05. The number of hydrogen-bond acceptors (Lipinski definition) is 5. The summed E-state index contributed by atoms with van der Waals surface area (Å²) in [5, 5.41) is 4.55. The van der Waals surface area contributed by atoms with Gasteiger partial charge in [-0.3, -0.25) is 4.98 Å². The maximum Gasteiger partial charge on any atom is 0.184 e. The molecule has 1 aliphatic heterocycles. The molecule has 1 aliphatic carbocycles. The molecule has 6 heteroatoms. The Morgan fingerprint density at radius 2 is 1.93 bits per heavy atom. The minimum Gasteiger partial charge on any atom is -0.381 e. The lowest BCUT2D eigenvalue weighted by Gasteiger charge is -2.37. The zero-order valence-electron chi connectivity index (χ0n) is 15.0. The van der Waals surface area contributed by atoms with Crippen LogP contribution in [0.4, 0.5) is 9.52 Å². The van der Waals surface area contributed by atoms with E-state index in [0.717, 1.165) is 60.8 Å². The molecule has 0 unspecified atom stereocenters. The van der Waals surface area contributed by atoms with Crippen LogP contribution in [0.5, 0.6) is 0 Å². The van der Waals surface area contributed by atoms with Gasteiger partial charge in [0.15, 0.2) is 5.13 Å². The molecule has 0 amide bonds. The van der Waals surface area contributed by atoms with Gasteiger partial charge >= 0.3 is 0 Å². The monoisotopic (exact) mass is 383 g/mol. The van der Waals surface area contributed by atoms with Crippen molar-refractivity contribution in [2.24, 2.45) is 0 Å². The molecule has 1 saturated heterocycles. The summed E-state index contributed by atoms with van der Waals surface area (Å²) in [7, 11) is 0. The molecule has 2 fully saturated rings. The van der Waals surface area contributed by atoms with Gasteiger partial charge in [-0.1, -0.05) is 23.5 Å². The summed E-state index contributed by atoms with van der Waals surface area (Å²) in [5.74, 6) is 0.535. The third-order valence-corrected chi connectivity index (χ3v) is 6.69. The fourth-order valence-corrected chi connectivity index (χ4v) is 5.15. The molecule has 1 saturated carbocycles.